The van der Waals surface area contributed by atoms with Crippen molar-refractivity contribution >= 4 is 23.3 Å². The normalized spacial score (nSPS) is 12.2. The number of aromatic nitrogens is 1. The Morgan fingerprint density at radius 2 is 1.97 bits per heavy atom. The van der Waals surface area contributed by atoms with Gasteiger partial charge in [-0.1, -0.05) is 24.3 Å². The number of nitrogens with zero attached hydrogens (tertiary/aromatic N) is 2. The SMILES string of the molecule is COc1cccc(C(CNC(=O)/C=C/c2ccc(OCc3csc(C)n3)cc2)N(C)C)c1. The van der Waals surface area contributed by atoms with Gasteiger partial charge in [-0.05, 0) is 62.5 Å². The number of nitrogens with one attached hydrogen (secondary N) is 1. The number of carbonyl (C=O) groups excluding carboxylic acids is 1. The molecule has 32 heavy (non-hydrogen) atoms. The minimum atomic E-state index is -0.140. The van der Waals surface area contributed by atoms with Crippen molar-refractivity contribution in [2.24, 2.45) is 0 Å². The average Bonchev–Trinajstić information content (AvgIpc) is 3.22. The van der Waals surface area contributed by atoms with Crippen LogP contribution < -0.4 is 14.8 Å². The van der Waals surface area contributed by atoms with E-state index >= 15 is 0 Å². The second kappa shape index (κ2) is 11.5. The first-order valence-corrected chi connectivity index (χ1v) is 11.2. The third kappa shape index (κ3) is 6.93. The Bertz CT molecular complexity index is 1040. The van der Waals surface area contributed by atoms with Crippen LogP contribution in [-0.4, -0.2) is 43.5 Å². The molecule has 0 bridgehead atoms. The predicted molar refractivity (Wildman–Crippen MR) is 129 cm³/mol. The molecule has 0 aliphatic heterocycles. The third-order valence-electron chi connectivity index (χ3n) is 4.93. The van der Waals surface area contributed by atoms with Gasteiger partial charge >= 0.3 is 0 Å². The smallest absolute Gasteiger partial charge is 0.244 e. The lowest BCUT2D eigenvalue weighted by Gasteiger charge is -2.25. The summed E-state index contributed by atoms with van der Waals surface area (Å²) in [6, 6.07) is 15.6. The van der Waals surface area contributed by atoms with Crippen LogP contribution in [0.4, 0.5) is 0 Å². The standard InChI is InChI=1S/C25H29N3O3S/c1-18-27-21(17-32-18)16-31-22-11-8-19(9-12-22)10-13-25(29)26-15-24(28(2)3)20-6-5-7-23(14-20)30-4/h5-14,17,24H,15-16H2,1-4H3,(H,26,29)/b13-10+. The van der Waals surface area contributed by atoms with Gasteiger partial charge in [0.05, 0.1) is 23.9 Å². The lowest BCUT2D eigenvalue weighted by molar-refractivity contribution is -0.116. The summed E-state index contributed by atoms with van der Waals surface area (Å²) < 4.78 is 11.1. The summed E-state index contributed by atoms with van der Waals surface area (Å²) in [4.78, 5) is 18.8. The van der Waals surface area contributed by atoms with Gasteiger partial charge in [-0.25, -0.2) is 4.98 Å². The van der Waals surface area contributed by atoms with E-state index in [0.717, 1.165) is 33.3 Å². The highest BCUT2D eigenvalue weighted by Gasteiger charge is 2.15. The fraction of sp³-hybridized carbons (Fsp3) is 0.280. The molecule has 168 valence electrons. The summed E-state index contributed by atoms with van der Waals surface area (Å²) in [6.07, 6.45) is 3.34. The van der Waals surface area contributed by atoms with E-state index in [1.807, 2.05) is 74.9 Å². The molecule has 1 heterocycles. The number of thiazole rings is 1. The number of ether oxygens (including phenoxy) is 2. The molecule has 3 rings (SSSR count). The summed E-state index contributed by atoms with van der Waals surface area (Å²) in [7, 11) is 5.63. The highest BCUT2D eigenvalue weighted by atomic mass is 32.1. The van der Waals surface area contributed by atoms with E-state index in [9.17, 15) is 4.79 Å². The van der Waals surface area contributed by atoms with Gasteiger partial charge in [-0.15, -0.1) is 11.3 Å². The van der Waals surface area contributed by atoms with Crippen LogP contribution in [0.5, 0.6) is 11.5 Å². The highest BCUT2D eigenvalue weighted by molar-refractivity contribution is 7.09. The molecule has 1 N–H and O–H groups in total. The second-order valence-corrected chi connectivity index (χ2v) is 8.61. The van der Waals surface area contributed by atoms with Crippen molar-refractivity contribution < 1.29 is 14.3 Å². The first-order chi connectivity index (χ1) is 15.4. The number of hydrogen-bond donors (Lipinski definition) is 1. The van der Waals surface area contributed by atoms with Crippen molar-refractivity contribution in [2.45, 2.75) is 19.6 Å². The Hall–Kier alpha value is -3.16. The molecule has 1 aromatic heterocycles. The molecule has 0 spiro atoms. The van der Waals surface area contributed by atoms with E-state index in [1.54, 1.807) is 30.6 Å². The lowest BCUT2D eigenvalue weighted by atomic mass is 10.1. The van der Waals surface area contributed by atoms with Gasteiger partial charge in [0, 0.05) is 18.0 Å². The number of amides is 1. The third-order valence-corrected chi connectivity index (χ3v) is 5.75. The van der Waals surface area contributed by atoms with E-state index in [0.29, 0.717) is 13.2 Å². The van der Waals surface area contributed by atoms with E-state index in [1.165, 1.54) is 0 Å². The Kier molecular flexibility index (Phi) is 8.41. The van der Waals surface area contributed by atoms with Crippen LogP contribution in [0.1, 0.15) is 27.9 Å². The largest absolute Gasteiger partial charge is 0.497 e. The molecule has 0 aliphatic rings. The lowest BCUT2D eigenvalue weighted by Crippen LogP contribution is -2.33. The highest BCUT2D eigenvalue weighted by Crippen LogP contribution is 2.22. The van der Waals surface area contributed by atoms with Crippen LogP contribution in [0.2, 0.25) is 0 Å². The number of rotatable bonds is 10. The molecular formula is C25H29N3O3S. The molecule has 0 aliphatic carbocycles. The van der Waals surface area contributed by atoms with Gasteiger partial charge in [-0.2, -0.15) is 0 Å². The molecular weight excluding hydrogens is 422 g/mol. The maximum Gasteiger partial charge on any atom is 0.244 e. The average molecular weight is 452 g/mol. The number of benzene rings is 2. The van der Waals surface area contributed by atoms with E-state index in [4.69, 9.17) is 9.47 Å². The first kappa shape index (κ1) is 23.5. The quantitative estimate of drug-likeness (QED) is 0.461. The molecule has 0 saturated heterocycles. The minimum absolute atomic E-state index is 0.0420. The fourth-order valence-corrected chi connectivity index (χ4v) is 3.78. The molecule has 6 nitrogen and oxygen atoms in total. The van der Waals surface area contributed by atoms with Gasteiger partial charge in [0.25, 0.3) is 0 Å². The molecule has 0 radical (unpaired) electrons. The zero-order valence-corrected chi connectivity index (χ0v) is 19.7. The molecule has 1 atom stereocenters. The van der Waals surface area contributed by atoms with E-state index < -0.39 is 0 Å². The van der Waals surface area contributed by atoms with Gasteiger partial charge in [-0.3, -0.25) is 4.79 Å². The predicted octanol–water partition coefficient (Wildman–Crippen LogP) is 4.47. The van der Waals surface area contributed by atoms with Gasteiger partial charge in [0.2, 0.25) is 5.91 Å². The summed E-state index contributed by atoms with van der Waals surface area (Å²) in [5.41, 5.74) is 2.94. The Labute approximate surface area is 193 Å². The zero-order valence-electron chi connectivity index (χ0n) is 18.9. The van der Waals surface area contributed by atoms with Crippen LogP contribution >= 0.6 is 11.3 Å². The molecule has 0 saturated carbocycles. The van der Waals surface area contributed by atoms with Crippen LogP contribution in [0.3, 0.4) is 0 Å². The van der Waals surface area contributed by atoms with Crippen molar-refractivity contribution in [3.05, 3.63) is 81.8 Å². The molecule has 2 aromatic carbocycles. The topological polar surface area (TPSA) is 63.7 Å². The Balaban J connectivity index is 1.51. The van der Waals surface area contributed by atoms with Crippen LogP contribution in [0.15, 0.2) is 60.0 Å². The fourth-order valence-electron chi connectivity index (χ4n) is 3.18. The minimum Gasteiger partial charge on any atom is -0.497 e. The number of aryl methyl sites for hydroxylation is 1. The summed E-state index contributed by atoms with van der Waals surface area (Å²) in [5.74, 6) is 1.43. The summed E-state index contributed by atoms with van der Waals surface area (Å²) in [6.45, 7) is 2.92. The Morgan fingerprint density at radius 1 is 1.19 bits per heavy atom. The van der Waals surface area contributed by atoms with Crippen molar-refractivity contribution in [1.29, 1.82) is 0 Å². The number of likely N-dealkylation sites (N-methyl/N-ethyl adjacent to an activating group) is 1. The van der Waals surface area contributed by atoms with E-state index in [2.05, 4.69) is 15.2 Å². The molecule has 3 aromatic rings. The summed E-state index contributed by atoms with van der Waals surface area (Å²) in [5, 5.41) is 6.01. The number of carbonyl (C=O) groups is 1. The van der Waals surface area contributed by atoms with Crippen LogP contribution in [0.25, 0.3) is 6.08 Å². The van der Waals surface area contributed by atoms with Crippen molar-refractivity contribution in [3.63, 3.8) is 0 Å². The molecule has 1 amide bonds. The molecule has 7 heteroatoms. The van der Waals surface area contributed by atoms with Crippen LogP contribution in [0, 0.1) is 6.92 Å². The van der Waals surface area contributed by atoms with Gasteiger partial charge in [0.15, 0.2) is 0 Å². The van der Waals surface area contributed by atoms with Gasteiger partial charge < -0.3 is 19.7 Å². The second-order valence-electron chi connectivity index (χ2n) is 7.55. The van der Waals surface area contributed by atoms with Gasteiger partial charge in [0.1, 0.15) is 18.1 Å². The monoisotopic (exact) mass is 451 g/mol. The van der Waals surface area contributed by atoms with E-state index in [-0.39, 0.29) is 11.9 Å². The summed E-state index contributed by atoms with van der Waals surface area (Å²) >= 11 is 1.61. The maximum absolute atomic E-state index is 12.4. The number of methoxy groups -OCH3 is 1. The molecule has 0 fully saturated rings. The van der Waals surface area contributed by atoms with Crippen LogP contribution in [-0.2, 0) is 11.4 Å². The molecule has 1 unspecified atom stereocenters. The maximum atomic E-state index is 12.4. The number of hydrogen-bond acceptors (Lipinski definition) is 6. The van der Waals surface area contributed by atoms with Crippen molar-refractivity contribution in [3.8, 4) is 11.5 Å². The van der Waals surface area contributed by atoms with Crippen molar-refractivity contribution in [1.82, 2.24) is 15.2 Å². The first-order valence-electron chi connectivity index (χ1n) is 10.3. The Morgan fingerprint density at radius 3 is 2.62 bits per heavy atom. The zero-order chi connectivity index (χ0) is 22.9. The van der Waals surface area contributed by atoms with Crippen molar-refractivity contribution in [2.75, 3.05) is 27.7 Å².